The molecule has 1 N–H and O–H groups in total. The number of piperazine rings is 1. The van der Waals surface area contributed by atoms with Gasteiger partial charge in [0, 0.05) is 38.8 Å². The van der Waals surface area contributed by atoms with Crippen LogP contribution in [0.15, 0.2) is 30.3 Å². The molecule has 0 bridgehead atoms. The first kappa shape index (κ1) is 16.0. The first-order valence-electron chi connectivity index (χ1n) is 8.96. The van der Waals surface area contributed by atoms with Gasteiger partial charge in [0.15, 0.2) is 0 Å². The van der Waals surface area contributed by atoms with Crippen molar-refractivity contribution in [2.45, 2.75) is 38.1 Å². The van der Waals surface area contributed by atoms with Crippen LogP contribution in [0.1, 0.15) is 31.2 Å². The van der Waals surface area contributed by atoms with Crippen molar-refractivity contribution in [3.8, 4) is 0 Å². The first-order chi connectivity index (χ1) is 10.8. The number of aliphatic hydroxyl groups is 1. The molecule has 3 heteroatoms. The van der Waals surface area contributed by atoms with Crippen LogP contribution in [-0.4, -0.2) is 60.3 Å². The van der Waals surface area contributed by atoms with Crippen molar-refractivity contribution in [2.24, 2.45) is 5.92 Å². The van der Waals surface area contributed by atoms with Gasteiger partial charge in [0.05, 0.1) is 0 Å². The summed E-state index contributed by atoms with van der Waals surface area (Å²) >= 11 is 0. The molecule has 1 aromatic rings. The molecule has 22 heavy (non-hydrogen) atoms. The van der Waals surface area contributed by atoms with E-state index < -0.39 is 0 Å². The molecule has 0 radical (unpaired) electrons. The van der Waals surface area contributed by atoms with E-state index >= 15 is 0 Å². The second-order valence-electron chi connectivity index (χ2n) is 6.99. The summed E-state index contributed by atoms with van der Waals surface area (Å²) in [6.07, 6.45) is 6.17. The molecule has 0 spiro atoms. The third kappa shape index (κ3) is 4.80. The van der Waals surface area contributed by atoms with Crippen molar-refractivity contribution in [3.63, 3.8) is 0 Å². The molecule has 3 nitrogen and oxygen atoms in total. The highest BCUT2D eigenvalue weighted by molar-refractivity contribution is 5.14. The van der Waals surface area contributed by atoms with Crippen molar-refractivity contribution in [2.75, 3.05) is 39.3 Å². The van der Waals surface area contributed by atoms with E-state index in [9.17, 15) is 5.11 Å². The van der Waals surface area contributed by atoms with Gasteiger partial charge in [-0.3, -0.25) is 4.90 Å². The Morgan fingerprint density at radius 2 is 1.91 bits per heavy atom. The molecular weight excluding hydrogens is 272 g/mol. The normalized spacial score (nSPS) is 23.8. The van der Waals surface area contributed by atoms with E-state index in [2.05, 4.69) is 40.1 Å². The van der Waals surface area contributed by atoms with Gasteiger partial charge in [-0.15, -0.1) is 0 Å². The smallest absolute Gasteiger partial charge is 0.0446 e. The largest absolute Gasteiger partial charge is 0.396 e. The van der Waals surface area contributed by atoms with E-state index in [1.807, 2.05) is 0 Å². The number of nitrogens with zero attached hydrogens (tertiary/aromatic N) is 2. The lowest BCUT2D eigenvalue weighted by Gasteiger charge is -2.41. The number of aliphatic hydroxyl groups excluding tert-OH is 1. The zero-order valence-corrected chi connectivity index (χ0v) is 13.7. The molecule has 0 unspecified atom stereocenters. The maximum Gasteiger partial charge on any atom is 0.0446 e. The number of hydrogen-bond acceptors (Lipinski definition) is 3. The Morgan fingerprint density at radius 3 is 2.64 bits per heavy atom. The quantitative estimate of drug-likeness (QED) is 0.799. The van der Waals surface area contributed by atoms with Gasteiger partial charge in [0.25, 0.3) is 0 Å². The second kappa shape index (κ2) is 8.09. The molecular formula is C19H30N2O. The molecule has 122 valence electrons. The summed E-state index contributed by atoms with van der Waals surface area (Å²) in [4.78, 5) is 5.24. The highest BCUT2D eigenvalue weighted by Crippen LogP contribution is 2.30. The standard InChI is InChI=1S/C19H30N2O/c22-14-10-19-16-20(15-18-8-9-18)12-13-21(19)11-4-7-17-5-2-1-3-6-17/h1-3,5-6,18-19,22H,4,7-16H2/t19-/m1/s1. The number of benzene rings is 1. The van der Waals surface area contributed by atoms with E-state index in [1.165, 1.54) is 44.5 Å². The van der Waals surface area contributed by atoms with Gasteiger partial charge in [0.1, 0.15) is 0 Å². The minimum Gasteiger partial charge on any atom is -0.396 e. The Labute approximate surface area is 134 Å². The predicted octanol–water partition coefficient (Wildman–Crippen LogP) is 2.40. The maximum absolute atomic E-state index is 9.38. The van der Waals surface area contributed by atoms with Crippen LogP contribution in [0.25, 0.3) is 0 Å². The van der Waals surface area contributed by atoms with Gasteiger partial charge in [-0.05, 0) is 50.1 Å². The van der Waals surface area contributed by atoms with Gasteiger partial charge >= 0.3 is 0 Å². The van der Waals surface area contributed by atoms with Crippen molar-refractivity contribution >= 4 is 0 Å². The van der Waals surface area contributed by atoms with Crippen molar-refractivity contribution in [3.05, 3.63) is 35.9 Å². The molecule has 1 atom stereocenters. The average Bonchev–Trinajstić information content (AvgIpc) is 3.35. The lowest BCUT2D eigenvalue weighted by atomic mass is 10.1. The van der Waals surface area contributed by atoms with E-state index in [1.54, 1.807) is 0 Å². The molecule has 2 fully saturated rings. The summed E-state index contributed by atoms with van der Waals surface area (Å²) in [7, 11) is 0. The first-order valence-corrected chi connectivity index (χ1v) is 8.96. The topological polar surface area (TPSA) is 26.7 Å². The Kier molecular flexibility index (Phi) is 5.88. The van der Waals surface area contributed by atoms with Gasteiger partial charge in [0.2, 0.25) is 0 Å². The summed E-state index contributed by atoms with van der Waals surface area (Å²) in [5, 5.41) is 9.38. The van der Waals surface area contributed by atoms with Crippen LogP contribution in [0.4, 0.5) is 0 Å². The van der Waals surface area contributed by atoms with Crippen molar-refractivity contribution in [1.29, 1.82) is 0 Å². The van der Waals surface area contributed by atoms with Crippen LogP contribution < -0.4 is 0 Å². The zero-order valence-electron chi connectivity index (χ0n) is 13.7. The zero-order chi connectivity index (χ0) is 15.2. The monoisotopic (exact) mass is 302 g/mol. The highest BCUT2D eigenvalue weighted by Gasteiger charge is 2.30. The Bertz CT molecular complexity index is 432. The van der Waals surface area contributed by atoms with Gasteiger partial charge in [-0.1, -0.05) is 30.3 Å². The fraction of sp³-hybridized carbons (Fsp3) is 0.684. The predicted molar refractivity (Wildman–Crippen MR) is 91.0 cm³/mol. The lowest BCUT2D eigenvalue weighted by molar-refractivity contribution is 0.0562. The van der Waals surface area contributed by atoms with Crippen molar-refractivity contribution < 1.29 is 5.11 Å². The highest BCUT2D eigenvalue weighted by atomic mass is 16.3. The van der Waals surface area contributed by atoms with Crippen LogP contribution in [0, 0.1) is 5.92 Å². The lowest BCUT2D eigenvalue weighted by Crippen LogP contribution is -2.54. The van der Waals surface area contributed by atoms with E-state index in [0.717, 1.165) is 31.8 Å². The van der Waals surface area contributed by atoms with Crippen LogP contribution >= 0.6 is 0 Å². The number of aryl methyl sites for hydroxylation is 1. The van der Waals surface area contributed by atoms with Crippen LogP contribution in [0.2, 0.25) is 0 Å². The summed E-state index contributed by atoms with van der Waals surface area (Å²) < 4.78 is 0. The third-order valence-corrected chi connectivity index (χ3v) is 5.12. The molecule has 2 aliphatic rings. The Balaban J connectivity index is 1.44. The summed E-state index contributed by atoms with van der Waals surface area (Å²) in [6.45, 7) is 6.31. The maximum atomic E-state index is 9.38. The molecule has 1 heterocycles. The Hall–Kier alpha value is -0.900. The third-order valence-electron chi connectivity index (χ3n) is 5.12. The van der Waals surface area contributed by atoms with Crippen LogP contribution in [-0.2, 0) is 6.42 Å². The molecule has 0 amide bonds. The van der Waals surface area contributed by atoms with Gasteiger partial charge < -0.3 is 10.0 Å². The summed E-state index contributed by atoms with van der Waals surface area (Å²) in [5.41, 5.74) is 1.44. The molecule has 3 rings (SSSR count). The minimum atomic E-state index is 0.317. The van der Waals surface area contributed by atoms with E-state index in [-0.39, 0.29) is 0 Å². The molecule has 1 aliphatic heterocycles. The van der Waals surface area contributed by atoms with Crippen LogP contribution in [0.5, 0.6) is 0 Å². The minimum absolute atomic E-state index is 0.317. The molecule has 1 saturated heterocycles. The summed E-state index contributed by atoms with van der Waals surface area (Å²) in [6, 6.07) is 11.3. The number of rotatable bonds is 8. The van der Waals surface area contributed by atoms with E-state index in [0.29, 0.717) is 12.6 Å². The molecule has 1 aliphatic carbocycles. The number of hydrogen-bond donors (Lipinski definition) is 1. The molecule has 1 saturated carbocycles. The summed E-state index contributed by atoms with van der Waals surface area (Å²) in [5.74, 6) is 0.972. The average molecular weight is 302 g/mol. The van der Waals surface area contributed by atoms with Gasteiger partial charge in [-0.25, -0.2) is 0 Å². The Morgan fingerprint density at radius 1 is 1.09 bits per heavy atom. The molecule has 0 aromatic heterocycles. The fourth-order valence-corrected chi connectivity index (χ4v) is 3.64. The SMILES string of the molecule is OCC[C@@H]1CN(CC2CC2)CCN1CCCc1ccccc1. The van der Waals surface area contributed by atoms with Crippen molar-refractivity contribution in [1.82, 2.24) is 9.80 Å². The fourth-order valence-electron chi connectivity index (χ4n) is 3.64. The molecule has 1 aromatic carbocycles. The van der Waals surface area contributed by atoms with Crippen LogP contribution in [0.3, 0.4) is 0 Å². The van der Waals surface area contributed by atoms with E-state index in [4.69, 9.17) is 0 Å². The second-order valence-corrected chi connectivity index (χ2v) is 6.99. The van der Waals surface area contributed by atoms with Gasteiger partial charge in [-0.2, -0.15) is 0 Å².